The molecule has 1 amide bonds. The molecule has 0 aliphatic carbocycles. The molecule has 0 spiro atoms. The minimum Gasteiger partial charge on any atom is -0.457 e. The second-order valence-electron chi connectivity index (χ2n) is 7.57. The molecular weight excluding hydrogens is 451 g/mol. The van der Waals surface area contributed by atoms with Crippen LogP contribution in [-0.4, -0.2) is 33.4 Å². The number of rotatable bonds is 7. The number of allylic oxidation sites excluding steroid dienone is 1. The topological polar surface area (TPSA) is 73.7 Å². The van der Waals surface area contributed by atoms with Crippen LogP contribution in [0.1, 0.15) is 16.7 Å². The highest BCUT2D eigenvalue weighted by molar-refractivity contribution is 5.92. The van der Waals surface area contributed by atoms with Crippen LogP contribution in [0.3, 0.4) is 0 Å². The van der Waals surface area contributed by atoms with Crippen LogP contribution in [0.25, 0.3) is 0 Å². The number of aromatic nitrogens is 2. The van der Waals surface area contributed by atoms with Gasteiger partial charge in [0.1, 0.15) is 11.5 Å². The fraction of sp³-hybridized carbons (Fsp3) is 0.208. The average molecular weight is 471 g/mol. The highest BCUT2D eigenvalue weighted by atomic mass is 19.4. The molecule has 4 rings (SSSR count). The average Bonchev–Trinajstić information content (AvgIpc) is 3.34. The second kappa shape index (κ2) is 9.82. The van der Waals surface area contributed by atoms with Crippen molar-refractivity contribution in [1.29, 1.82) is 0 Å². The molecule has 0 atom stereocenters. The van der Waals surface area contributed by atoms with Crippen LogP contribution in [0.2, 0.25) is 0 Å². The zero-order valence-corrected chi connectivity index (χ0v) is 17.9. The molecule has 34 heavy (non-hydrogen) atoms. The molecule has 1 aliphatic rings. The van der Waals surface area contributed by atoms with Gasteiger partial charge in [-0.05, 0) is 60.0 Å². The Bertz CT molecular complexity index is 1190. The van der Waals surface area contributed by atoms with E-state index in [1.165, 1.54) is 18.2 Å². The van der Waals surface area contributed by atoms with Crippen molar-refractivity contribution in [2.75, 3.05) is 6.54 Å². The van der Waals surface area contributed by atoms with Gasteiger partial charge in [-0.25, -0.2) is 4.98 Å². The van der Waals surface area contributed by atoms with Crippen LogP contribution in [0, 0.1) is 0 Å². The third kappa shape index (κ3) is 5.45. The summed E-state index contributed by atoms with van der Waals surface area (Å²) in [4.78, 5) is 29.4. The van der Waals surface area contributed by atoms with Gasteiger partial charge >= 0.3 is 6.18 Å². The predicted molar refractivity (Wildman–Crippen MR) is 115 cm³/mol. The lowest BCUT2D eigenvalue weighted by atomic mass is 9.99. The van der Waals surface area contributed by atoms with E-state index in [0.29, 0.717) is 25.3 Å². The molecule has 1 aromatic heterocycles. The number of hydrogen-bond donors (Lipinski definition) is 0. The smallest absolute Gasteiger partial charge is 0.416 e. The van der Waals surface area contributed by atoms with Gasteiger partial charge in [-0.1, -0.05) is 6.07 Å². The third-order valence-electron chi connectivity index (χ3n) is 5.33. The van der Waals surface area contributed by atoms with E-state index in [0.717, 1.165) is 23.3 Å². The Balaban J connectivity index is 1.46. The first kappa shape index (κ1) is 23.1. The summed E-state index contributed by atoms with van der Waals surface area (Å²) in [5, 5.41) is 0. The summed E-state index contributed by atoms with van der Waals surface area (Å²) in [5.41, 5.74) is 1.11. The highest BCUT2D eigenvalue weighted by Gasteiger charge is 2.30. The Kier molecular flexibility index (Phi) is 6.67. The molecule has 7 nitrogen and oxygen atoms in total. The van der Waals surface area contributed by atoms with Crippen LogP contribution in [-0.2, 0) is 40.0 Å². The van der Waals surface area contributed by atoms with Crippen LogP contribution >= 0.6 is 0 Å². The van der Waals surface area contributed by atoms with Crippen molar-refractivity contribution < 1.29 is 32.2 Å². The first-order valence-corrected chi connectivity index (χ1v) is 10.4. The van der Waals surface area contributed by atoms with Crippen molar-refractivity contribution in [3.63, 3.8) is 0 Å². The van der Waals surface area contributed by atoms with Gasteiger partial charge in [0, 0.05) is 32.0 Å². The summed E-state index contributed by atoms with van der Waals surface area (Å²) in [6.45, 7) is 1.23. The van der Waals surface area contributed by atoms with E-state index < -0.39 is 17.6 Å². The number of amides is 1. The van der Waals surface area contributed by atoms with E-state index in [1.54, 1.807) is 40.3 Å². The molecule has 3 aromatic rings. The first-order chi connectivity index (χ1) is 16.3. The Morgan fingerprint density at radius 2 is 1.85 bits per heavy atom. The number of fused-ring (bicyclic) bond motifs is 1. The third-order valence-corrected chi connectivity index (χ3v) is 5.33. The number of nitrogens with zero attached hydrogens (tertiary/aromatic N) is 3. The lowest BCUT2D eigenvalue weighted by Gasteiger charge is -2.29. The normalized spacial score (nSPS) is 13.9. The molecule has 0 radical (unpaired) electrons. The van der Waals surface area contributed by atoms with Crippen molar-refractivity contribution in [3.05, 3.63) is 89.7 Å². The molecule has 176 valence electrons. The van der Waals surface area contributed by atoms with E-state index in [2.05, 4.69) is 4.98 Å². The molecule has 0 N–H and O–H groups in total. The number of benzene rings is 2. The van der Waals surface area contributed by atoms with Crippen molar-refractivity contribution in [2.45, 2.75) is 25.7 Å². The van der Waals surface area contributed by atoms with Crippen LogP contribution in [0.4, 0.5) is 13.2 Å². The van der Waals surface area contributed by atoms with Gasteiger partial charge in [0.25, 0.3) is 12.4 Å². The van der Waals surface area contributed by atoms with Crippen LogP contribution < -0.4 is 4.74 Å². The number of ether oxygens (including phenoxy) is 2. The van der Waals surface area contributed by atoms with Gasteiger partial charge in [-0.3, -0.25) is 9.59 Å². The van der Waals surface area contributed by atoms with Gasteiger partial charge in [0.15, 0.2) is 5.76 Å². The summed E-state index contributed by atoms with van der Waals surface area (Å²) >= 11 is 0. The van der Waals surface area contributed by atoms with Gasteiger partial charge in [0.05, 0.1) is 11.9 Å². The lowest BCUT2D eigenvalue weighted by Crippen LogP contribution is -2.37. The van der Waals surface area contributed by atoms with Gasteiger partial charge < -0.3 is 18.9 Å². The number of alkyl halides is 3. The molecule has 2 heterocycles. The molecule has 0 saturated carbocycles. The molecule has 0 bridgehead atoms. The van der Waals surface area contributed by atoms with E-state index >= 15 is 0 Å². The number of carbonyl (C=O) groups excluding carboxylic acids is 2. The number of hydrogen-bond acceptors (Lipinski definition) is 5. The minimum absolute atomic E-state index is 0.0793. The van der Waals surface area contributed by atoms with E-state index in [-0.39, 0.29) is 24.5 Å². The van der Waals surface area contributed by atoms with Crippen LogP contribution in [0.15, 0.2) is 73.0 Å². The number of halogens is 3. The fourth-order valence-electron chi connectivity index (χ4n) is 3.59. The largest absolute Gasteiger partial charge is 0.457 e. The zero-order valence-electron chi connectivity index (χ0n) is 17.9. The number of imidazole rings is 1. The summed E-state index contributed by atoms with van der Waals surface area (Å²) in [6, 6.07) is 9.78. The molecular formula is C24H20F3N3O4. The predicted octanol–water partition coefficient (Wildman–Crippen LogP) is 4.34. The van der Waals surface area contributed by atoms with Gasteiger partial charge in [-0.2, -0.15) is 13.2 Å². The summed E-state index contributed by atoms with van der Waals surface area (Å²) < 4.78 is 50.6. The first-order valence-electron chi connectivity index (χ1n) is 10.4. The molecule has 0 unspecified atom stereocenters. The van der Waals surface area contributed by atoms with E-state index in [9.17, 15) is 22.8 Å². The molecule has 0 saturated heterocycles. The quantitative estimate of drug-likeness (QED) is 0.291. The maximum absolute atomic E-state index is 13.0. The standard InChI is InChI=1S/C24H20F3N3O4/c25-24(26,27)19-2-5-20(6-3-19)34-21-4-1-17-7-11-30(14-18(17)13-21)23(32)22(33-16-31)8-10-29-12-9-28-15-29/h1-6,8-9,12-13,15-16H,7,10-11,14H2/b22-8+. The second-order valence-corrected chi connectivity index (χ2v) is 7.57. The van der Waals surface area contributed by atoms with Crippen molar-refractivity contribution in [3.8, 4) is 11.5 Å². The Morgan fingerprint density at radius 1 is 1.09 bits per heavy atom. The Hall–Kier alpha value is -4.08. The molecule has 0 fully saturated rings. The summed E-state index contributed by atoms with van der Waals surface area (Å²) in [7, 11) is 0. The van der Waals surface area contributed by atoms with Crippen LogP contribution in [0.5, 0.6) is 11.5 Å². The Morgan fingerprint density at radius 3 is 2.53 bits per heavy atom. The summed E-state index contributed by atoms with van der Waals surface area (Å²) in [6.07, 6.45) is 2.58. The Labute approximate surface area is 193 Å². The maximum Gasteiger partial charge on any atom is 0.416 e. The van der Waals surface area contributed by atoms with E-state index in [4.69, 9.17) is 9.47 Å². The van der Waals surface area contributed by atoms with Crippen molar-refractivity contribution >= 4 is 12.4 Å². The molecule has 2 aromatic carbocycles. The fourth-order valence-corrected chi connectivity index (χ4v) is 3.59. The monoisotopic (exact) mass is 471 g/mol. The minimum atomic E-state index is -4.42. The summed E-state index contributed by atoms with van der Waals surface area (Å²) in [5.74, 6) is 0.199. The maximum atomic E-state index is 13.0. The van der Waals surface area contributed by atoms with Gasteiger partial charge in [-0.15, -0.1) is 0 Å². The lowest BCUT2D eigenvalue weighted by molar-refractivity contribution is -0.137. The molecule has 1 aliphatic heterocycles. The number of carbonyl (C=O) groups is 2. The van der Waals surface area contributed by atoms with Gasteiger partial charge in [0.2, 0.25) is 0 Å². The highest BCUT2D eigenvalue weighted by Crippen LogP contribution is 2.32. The van der Waals surface area contributed by atoms with Crippen molar-refractivity contribution in [1.82, 2.24) is 14.5 Å². The van der Waals surface area contributed by atoms with E-state index in [1.807, 2.05) is 6.07 Å². The SMILES string of the molecule is O=CO/C(=C/Cn1ccnc1)C(=O)N1CCc2ccc(Oc3ccc(C(F)(F)F)cc3)cc2C1. The van der Waals surface area contributed by atoms with Crippen molar-refractivity contribution in [2.24, 2.45) is 0 Å². The molecule has 10 heteroatoms. The zero-order chi connectivity index (χ0) is 24.1.